The number of rotatable bonds is 3. The molecule has 0 aromatic carbocycles. The number of nitrogens with one attached hydrogen (secondary N) is 1. The number of hydrogen-bond acceptors (Lipinski definition) is 4. The number of aromatic amines is 1. The van der Waals surface area contributed by atoms with E-state index in [0.717, 1.165) is 37.3 Å². The fourth-order valence-electron chi connectivity index (χ4n) is 2.77. The number of aromatic nitrogens is 2. The van der Waals surface area contributed by atoms with Crippen LogP contribution in [0, 0.1) is 0 Å². The average Bonchev–Trinajstić information content (AvgIpc) is 2.99. The zero-order valence-corrected chi connectivity index (χ0v) is 11.3. The minimum Gasteiger partial charge on any atom is -0.378 e. The quantitative estimate of drug-likeness (QED) is 0.869. The van der Waals surface area contributed by atoms with Crippen LogP contribution in [0.25, 0.3) is 0 Å². The Morgan fingerprint density at radius 1 is 1.37 bits per heavy atom. The molecule has 0 saturated carbocycles. The first-order valence-electron chi connectivity index (χ1n) is 6.95. The van der Waals surface area contributed by atoms with E-state index in [-0.39, 0.29) is 5.91 Å². The molecule has 2 aliphatic heterocycles. The lowest BCUT2D eigenvalue weighted by molar-refractivity contribution is 0.0298. The summed E-state index contributed by atoms with van der Waals surface area (Å²) in [6.07, 6.45) is 1.13. The van der Waals surface area contributed by atoms with Gasteiger partial charge in [-0.3, -0.25) is 14.8 Å². The zero-order valence-electron chi connectivity index (χ0n) is 11.3. The van der Waals surface area contributed by atoms with Crippen molar-refractivity contribution in [1.82, 2.24) is 20.0 Å². The minimum atomic E-state index is 0.0409. The molecule has 6 nitrogen and oxygen atoms in total. The standard InChI is InChI=1S/C13H20N4O2/c1-2-3-16-8-10-11(9-16)14-15-12(10)13(18)17-4-6-19-7-5-17/h2-9H2,1H3,(H,14,15). The number of fused-ring (bicyclic) bond motifs is 1. The number of amides is 1. The van der Waals surface area contributed by atoms with Crippen LogP contribution in [-0.4, -0.2) is 58.8 Å². The number of nitrogens with zero attached hydrogens (tertiary/aromatic N) is 3. The Morgan fingerprint density at radius 3 is 2.89 bits per heavy atom. The number of H-pyrrole nitrogens is 1. The number of morpholine rings is 1. The van der Waals surface area contributed by atoms with Gasteiger partial charge in [0.1, 0.15) is 0 Å². The van der Waals surface area contributed by atoms with Gasteiger partial charge in [-0.05, 0) is 13.0 Å². The van der Waals surface area contributed by atoms with E-state index in [1.807, 2.05) is 4.90 Å². The van der Waals surface area contributed by atoms with Crippen LogP contribution in [-0.2, 0) is 17.8 Å². The second-order valence-electron chi connectivity index (χ2n) is 5.14. The molecule has 1 aromatic heterocycles. The van der Waals surface area contributed by atoms with Gasteiger partial charge in [0, 0.05) is 31.7 Å². The van der Waals surface area contributed by atoms with Crippen LogP contribution < -0.4 is 0 Å². The Balaban J connectivity index is 1.74. The van der Waals surface area contributed by atoms with Crippen molar-refractivity contribution in [3.8, 4) is 0 Å². The Kier molecular flexibility index (Phi) is 3.52. The van der Waals surface area contributed by atoms with Crippen LogP contribution >= 0.6 is 0 Å². The van der Waals surface area contributed by atoms with Gasteiger partial charge in [0.2, 0.25) is 0 Å². The van der Waals surface area contributed by atoms with E-state index >= 15 is 0 Å². The summed E-state index contributed by atoms with van der Waals surface area (Å²) in [6, 6.07) is 0. The summed E-state index contributed by atoms with van der Waals surface area (Å²) >= 11 is 0. The molecule has 3 heterocycles. The molecule has 1 amide bonds. The molecule has 0 radical (unpaired) electrons. The molecule has 0 unspecified atom stereocenters. The lowest BCUT2D eigenvalue weighted by Gasteiger charge is -2.26. The number of ether oxygens (including phenoxy) is 1. The number of carbonyl (C=O) groups is 1. The maximum absolute atomic E-state index is 12.5. The van der Waals surface area contributed by atoms with E-state index in [2.05, 4.69) is 22.0 Å². The first-order chi connectivity index (χ1) is 9.29. The Hall–Kier alpha value is -1.40. The van der Waals surface area contributed by atoms with Gasteiger partial charge < -0.3 is 9.64 Å². The van der Waals surface area contributed by atoms with Crippen molar-refractivity contribution in [3.05, 3.63) is 17.0 Å². The Bertz CT molecular complexity index is 465. The topological polar surface area (TPSA) is 61.5 Å². The molecule has 0 spiro atoms. The smallest absolute Gasteiger partial charge is 0.274 e. The summed E-state index contributed by atoms with van der Waals surface area (Å²) in [6.45, 7) is 7.54. The van der Waals surface area contributed by atoms with Gasteiger partial charge in [-0.2, -0.15) is 5.10 Å². The van der Waals surface area contributed by atoms with E-state index < -0.39 is 0 Å². The van der Waals surface area contributed by atoms with Gasteiger partial charge in [0.25, 0.3) is 5.91 Å². The number of hydrogen-bond donors (Lipinski definition) is 1. The molecule has 2 aliphatic rings. The highest BCUT2D eigenvalue weighted by Crippen LogP contribution is 2.24. The third-order valence-electron chi connectivity index (χ3n) is 3.76. The van der Waals surface area contributed by atoms with Crippen molar-refractivity contribution in [2.75, 3.05) is 32.8 Å². The summed E-state index contributed by atoms with van der Waals surface area (Å²) in [5.41, 5.74) is 2.80. The lowest BCUT2D eigenvalue weighted by Crippen LogP contribution is -2.41. The fourth-order valence-corrected chi connectivity index (χ4v) is 2.77. The lowest BCUT2D eigenvalue weighted by atomic mass is 10.2. The molecule has 1 aromatic rings. The largest absolute Gasteiger partial charge is 0.378 e. The van der Waals surface area contributed by atoms with Crippen LogP contribution in [0.2, 0.25) is 0 Å². The highest BCUT2D eigenvalue weighted by atomic mass is 16.5. The van der Waals surface area contributed by atoms with E-state index in [4.69, 9.17) is 4.74 Å². The third-order valence-corrected chi connectivity index (χ3v) is 3.76. The molecule has 0 atom stereocenters. The molecule has 0 bridgehead atoms. The first-order valence-corrected chi connectivity index (χ1v) is 6.95. The Labute approximate surface area is 112 Å². The summed E-state index contributed by atoms with van der Waals surface area (Å²) in [7, 11) is 0. The van der Waals surface area contributed by atoms with Gasteiger partial charge in [-0.15, -0.1) is 0 Å². The fraction of sp³-hybridized carbons (Fsp3) is 0.692. The van der Waals surface area contributed by atoms with E-state index in [1.165, 1.54) is 0 Å². The molecule has 6 heteroatoms. The van der Waals surface area contributed by atoms with Crippen LogP contribution in [0.3, 0.4) is 0 Å². The summed E-state index contributed by atoms with van der Waals surface area (Å²) < 4.78 is 5.28. The second kappa shape index (κ2) is 5.30. The van der Waals surface area contributed by atoms with E-state index in [0.29, 0.717) is 32.0 Å². The molecule has 1 saturated heterocycles. The van der Waals surface area contributed by atoms with Crippen LogP contribution in [0.1, 0.15) is 35.1 Å². The Morgan fingerprint density at radius 2 is 2.16 bits per heavy atom. The van der Waals surface area contributed by atoms with Crippen molar-refractivity contribution >= 4 is 5.91 Å². The van der Waals surface area contributed by atoms with Crippen molar-refractivity contribution in [3.63, 3.8) is 0 Å². The molecule has 0 aliphatic carbocycles. The van der Waals surface area contributed by atoms with Gasteiger partial charge >= 0.3 is 0 Å². The molecule has 1 fully saturated rings. The monoisotopic (exact) mass is 264 g/mol. The van der Waals surface area contributed by atoms with Crippen LogP contribution in [0.15, 0.2) is 0 Å². The van der Waals surface area contributed by atoms with Crippen LogP contribution in [0.5, 0.6) is 0 Å². The SMILES string of the molecule is CCCN1Cc2[nH]nc(C(=O)N3CCOCC3)c2C1. The van der Waals surface area contributed by atoms with E-state index in [1.54, 1.807) is 0 Å². The van der Waals surface area contributed by atoms with Crippen molar-refractivity contribution in [1.29, 1.82) is 0 Å². The predicted octanol–water partition coefficient (Wildman–Crippen LogP) is 0.608. The van der Waals surface area contributed by atoms with Crippen molar-refractivity contribution < 1.29 is 9.53 Å². The molecular formula is C13H20N4O2. The average molecular weight is 264 g/mol. The van der Waals surface area contributed by atoms with Crippen molar-refractivity contribution in [2.24, 2.45) is 0 Å². The molecule has 19 heavy (non-hydrogen) atoms. The van der Waals surface area contributed by atoms with Gasteiger partial charge in [0.15, 0.2) is 5.69 Å². The van der Waals surface area contributed by atoms with Crippen molar-refractivity contribution in [2.45, 2.75) is 26.4 Å². The van der Waals surface area contributed by atoms with E-state index in [9.17, 15) is 4.79 Å². The first kappa shape index (κ1) is 12.6. The van der Waals surface area contributed by atoms with Crippen LogP contribution in [0.4, 0.5) is 0 Å². The summed E-state index contributed by atoms with van der Waals surface area (Å²) in [4.78, 5) is 16.6. The highest BCUT2D eigenvalue weighted by Gasteiger charge is 2.30. The summed E-state index contributed by atoms with van der Waals surface area (Å²) in [5, 5.41) is 7.25. The molecular weight excluding hydrogens is 244 g/mol. The summed E-state index contributed by atoms with van der Waals surface area (Å²) in [5.74, 6) is 0.0409. The van der Waals surface area contributed by atoms with Gasteiger partial charge in [0.05, 0.1) is 18.9 Å². The second-order valence-corrected chi connectivity index (χ2v) is 5.14. The molecule has 1 N–H and O–H groups in total. The maximum Gasteiger partial charge on any atom is 0.274 e. The van der Waals surface area contributed by atoms with Gasteiger partial charge in [-0.1, -0.05) is 6.92 Å². The molecule has 3 rings (SSSR count). The number of carbonyl (C=O) groups excluding carboxylic acids is 1. The minimum absolute atomic E-state index is 0.0409. The highest BCUT2D eigenvalue weighted by molar-refractivity contribution is 5.94. The third kappa shape index (κ3) is 2.37. The normalized spacial score (nSPS) is 19.7. The zero-order chi connectivity index (χ0) is 13.2. The predicted molar refractivity (Wildman–Crippen MR) is 69.7 cm³/mol. The maximum atomic E-state index is 12.5. The van der Waals surface area contributed by atoms with Gasteiger partial charge in [-0.25, -0.2) is 0 Å². The molecule has 104 valence electrons.